The minimum absolute atomic E-state index is 0.0506. The Kier molecular flexibility index (Phi) is 7.26. The Morgan fingerprint density at radius 3 is 2.39 bits per heavy atom. The number of nitrogens with zero attached hydrogens (tertiary/aromatic N) is 5. The number of benzene rings is 1. The summed E-state index contributed by atoms with van der Waals surface area (Å²) in [4.78, 5) is 16.2. The SMILES string of the molecule is CC(C)(C)[Si](C)(C)OCc1cccc(-c2cnc(N3CC(=NOC4CN(S(C)(=O)=O)C4)C3)nc2)c1F. The molecule has 1 aromatic carbocycles. The van der Waals surface area contributed by atoms with Gasteiger partial charge in [-0.3, -0.25) is 0 Å². The Balaban J connectivity index is 1.33. The van der Waals surface area contributed by atoms with Crippen molar-refractivity contribution in [2.45, 2.75) is 51.6 Å². The fraction of sp³-hybridized carbons (Fsp3) is 0.542. The Hall–Kier alpha value is -2.41. The van der Waals surface area contributed by atoms with E-state index in [0.29, 0.717) is 48.8 Å². The summed E-state index contributed by atoms with van der Waals surface area (Å²) in [6.07, 6.45) is 4.22. The van der Waals surface area contributed by atoms with E-state index in [1.807, 2.05) is 11.0 Å². The van der Waals surface area contributed by atoms with Crippen LogP contribution in [0.4, 0.5) is 10.3 Å². The van der Waals surface area contributed by atoms with Crippen LogP contribution in [0.5, 0.6) is 0 Å². The van der Waals surface area contributed by atoms with Crippen LogP contribution in [-0.4, -0.2) is 75.3 Å². The van der Waals surface area contributed by atoms with E-state index < -0.39 is 18.3 Å². The number of aromatic nitrogens is 2. The molecule has 2 saturated heterocycles. The van der Waals surface area contributed by atoms with E-state index in [9.17, 15) is 8.42 Å². The lowest BCUT2D eigenvalue weighted by atomic mass is 10.1. The van der Waals surface area contributed by atoms with Crippen molar-refractivity contribution < 1.29 is 22.1 Å². The van der Waals surface area contributed by atoms with Crippen LogP contribution in [0.2, 0.25) is 18.1 Å². The van der Waals surface area contributed by atoms with E-state index in [4.69, 9.17) is 9.26 Å². The third-order valence-electron chi connectivity index (χ3n) is 7.07. The number of rotatable bonds is 8. The molecule has 0 saturated carbocycles. The van der Waals surface area contributed by atoms with Gasteiger partial charge in [-0.25, -0.2) is 22.8 Å². The highest BCUT2D eigenvalue weighted by atomic mass is 32.2. The molecule has 0 spiro atoms. The van der Waals surface area contributed by atoms with Gasteiger partial charge in [-0.2, -0.15) is 4.31 Å². The lowest BCUT2D eigenvalue weighted by Crippen LogP contribution is -2.54. The molecule has 0 N–H and O–H groups in total. The predicted molar refractivity (Wildman–Crippen MR) is 140 cm³/mol. The fourth-order valence-corrected chi connectivity index (χ4v) is 5.32. The summed E-state index contributed by atoms with van der Waals surface area (Å²) in [5.74, 6) is 0.218. The van der Waals surface area contributed by atoms with Crippen molar-refractivity contribution in [3.63, 3.8) is 0 Å². The van der Waals surface area contributed by atoms with Crippen LogP contribution in [0, 0.1) is 5.82 Å². The molecule has 0 radical (unpaired) electrons. The number of hydrogen-bond acceptors (Lipinski definition) is 8. The number of anilines is 1. The minimum atomic E-state index is -3.17. The second kappa shape index (κ2) is 9.80. The average Bonchev–Trinajstić information content (AvgIpc) is 2.72. The van der Waals surface area contributed by atoms with E-state index >= 15 is 4.39 Å². The first-order valence-electron chi connectivity index (χ1n) is 11.9. The summed E-state index contributed by atoms with van der Waals surface area (Å²) in [6, 6.07) is 5.30. The molecule has 196 valence electrons. The largest absolute Gasteiger partial charge is 0.412 e. The van der Waals surface area contributed by atoms with Gasteiger partial charge in [0.2, 0.25) is 16.0 Å². The molecule has 2 fully saturated rings. The summed E-state index contributed by atoms with van der Waals surface area (Å²) in [5, 5.41) is 4.17. The summed E-state index contributed by atoms with van der Waals surface area (Å²) < 4.78 is 45.7. The Morgan fingerprint density at radius 1 is 1.17 bits per heavy atom. The quantitative estimate of drug-likeness (QED) is 0.376. The van der Waals surface area contributed by atoms with E-state index in [2.05, 4.69) is 49.0 Å². The topological polar surface area (TPSA) is 97.2 Å². The normalized spacial score (nSPS) is 17.5. The fourth-order valence-electron chi connectivity index (χ4n) is 3.49. The first kappa shape index (κ1) is 26.6. The van der Waals surface area contributed by atoms with Crippen LogP contribution in [-0.2, 0) is 25.9 Å². The van der Waals surface area contributed by atoms with Crippen LogP contribution in [0.15, 0.2) is 35.7 Å². The maximum atomic E-state index is 15.3. The molecule has 3 heterocycles. The van der Waals surface area contributed by atoms with Crippen molar-refractivity contribution in [1.29, 1.82) is 0 Å². The van der Waals surface area contributed by atoms with E-state index in [1.54, 1.807) is 24.5 Å². The second-order valence-corrected chi connectivity index (χ2v) is 17.7. The van der Waals surface area contributed by atoms with Gasteiger partial charge in [0.25, 0.3) is 0 Å². The molecule has 0 aliphatic carbocycles. The molecule has 2 aliphatic heterocycles. The minimum Gasteiger partial charge on any atom is -0.412 e. The third kappa shape index (κ3) is 5.77. The third-order valence-corrected chi connectivity index (χ3v) is 12.8. The zero-order valence-corrected chi connectivity index (χ0v) is 23.5. The van der Waals surface area contributed by atoms with Gasteiger partial charge in [0.05, 0.1) is 44.8 Å². The Bertz CT molecular complexity index is 1230. The Morgan fingerprint density at radius 2 is 1.81 bits per heavy atom. The van der Waals surface area contributed by atoms with Crippen molar-refractivity contribution in [3.05, 3.63) is 42.0 Å². The highest BCUT2D eigenvalue weighted by Crippen LogP contribution is 2.37. The molecule has 1 aromatic heterocycles. The first-order chi connectivity index (χ1) is 16.7. The summed E-state index contributed by atoms with van der Waals surface area (Å²) >= 11 is 0. The van der Waals surface area contributed by atoms with E-state index in [0.717, 1.165) is 5.71 Å². The number of oxime groups is 1. The molecular formula is C24H34FN5O4SSi. The van der Waals surface area contributed by atoms with E-state index in [-0.39, 0.29) is 23.6 Å². The highest BCUT2D eigenvalue weighted by Gasteiger charge is 2.37. The summed E-state index contributed by atoms with van der Waals surface area (Å²) in [6.45, 7) is 12.7. The molecule has 9 nitrogen and oxygen atoms in total. The van der Waals surface area contributed by atoms with Gasteiger partial charge >= 0.3 is 0 Å². The number of halogens is 1. The van der Waals surface area contributed by atoms with Crippen LogP contribution in [0.1, 0.15) is 26.3 Å². The molecule has 2 aliphatic rings. The maximum Gasteiger partial charge on any atom is 0.225 e. The molecular weight excluding hydrogens is 501 g/mol. The van der Waals surface area contributed by atoms with Gasteiger partial charge in [-0.15, -0.1) is 0 Å². The van der Waals surface area contributed by atoms with Crippen LogP contribution in [0.25, 0.3) is 11.1 Å². The van der Waals surface area contributed by atoms with Crippen molar-refractivity contribution in [1.82, 2.24) is 14.3 Å². The maximum absolute atomic E-state index is 15.3. The van der Waals surface area contributed by atoms with Gasteiger partial charge in [0.15, 0.2) is 14.4 Å². The average molecular weight is 536 g/mol. The standard InChI is InChI=1S/C24H34FN5O4SSi/c1-24(2,3)36(5,6)33-16-17-8-7-9-21(22(17)25)18-10-26-23(27-11-18)29-12-19(13-29)28-34-20-14-30(15-20)35(4,31)32/h7-11,20H,12-16H2,1-6H3. The van der Waals surface area contributed by atoms with Gasteiger partial charge in [-0.05, 0) is 18.1 Å². The molecule has 36 heavy (non-hydrogen) atoms. The molecule has 2 aromatic rings. The van der Waals surface area contributed by atoms with Crippen molar-refractivity contribution in [2.24, 2.45) is 5.16 Å². The monoisotopic (exact) mass is 535 g/mol. The number of hydrogen-bond donors (Lipinski definition) is 0. The first-order valence-corrected chi connectivity index (χ1v) is 16.7. The molecule has 0 amide bonds. The van der Waals surface area contributed by atoms with Crippen molar-refractivity contribution in [2.75, 3.05) is 37.3 Å². The van der Waals surface area contributed by atoms with Gasteiger partial charge in [0, 0.05) is 29.1 Å². The number of sulfonamides is 1. The second-order valence-electron chi connectivity index (χ2n) is 10.9. The van der Waals surface area contributed by atoms with Gasteiger partial charge in [-0.1, -0.05) is 44.1 Å². The molecule has 4 rings (SSSR count). The van der Waals surface area contributed by atoms with Gasteiger partial charge < -0.3 is 14.2 Å². The smallest absolute Gasteiger partial charge is 0.225 e. The summed E-state index contributed by atoms with van der Waals surface area (Å²) in [5.41, 5.74) is 2.40. The van der Waals surface area contributed by atoms with Gasteiger partial charge in [0.1, 0.15) is 5.82 Å². The lowest BCUT2D eigenvalue weighted by Gasteiger charge is -2.36. The van der Waals surface area contributed by atoms with Crippen molar-refractivity contribution >= 4 is 30.0 Å². The molecule has 0 unspecified atom stereocenters. The van der Waals surface area contributed by atoms with E-state index in [1.165, 1.54) is 10.6 Å². The zero-order valence-electron chi connectivity index (χ0n) is 21.7. The molecule has 0 bridgehead atoms. The lowest BCUT2D eigenvalue weighted by molar-refractivity contribution is -0.0174. The zero-order chi connectivity index (χ0) is 26.3. The highest BCUT2D eigenvalue weighted by molar-refractivity contribution is 7.88. The molecule has 0 atom stereocenters. The van der Waals surface area contributed by atoms with Crippen molar-refractivity contribution in [3.8, 4) is 11.1 Å². The Labute approximate surface area is 213 Å². The summed E-state index contributed by atoms with van der Waals surface area (Å²) in [7, 11) is -5.16. The van der Waals surface area contributed by atoms with Crippen LogP contribution in [0.3, 0.4) is 0 Å². The van der Waals surface area contributed by atoms with Crippen LogP contribution < -0.4 is 4.90 Å². The van der Waals surface area contributed by atoms with Crippen LogP contribution >= 0.6 is 0 Å². The molecule has 12 heteroatoms. The predicted octanol–water partition coefficient (Wildman–Crippen LogP) is 3.64.